The maximum atomic E-state index is 12.2. The monoisotopic (exact) mass is 301 g/mol. The van der Waals surface area contributed by atoms with Gasteiger partial charge in [0.15, 0.2) is 0 Å². The van der Waals surface area contributed by atoms with Crippen molar-refractivity contribution in [2.24, 2.45) is 5.92 Å². The number of nitrogens with zero attached hydrogens (tertiary/aromatic N) is 2. The highest BCUT2D eigenvalue weighted by Crippen LogP contribution is 2.07. The van der Waals surface area contributed by atoms with Gasteiger partial charge in [0.1, 0.15) is 0 Å². The minimum atomic E-state index is -0.218. The van der Waals surface area contributed by atoms with Gasteiger partial charge in [-0.1, -0.05) is 44.2 Å². The highest BCUT2D eigenvalue weighted by molar-refractivity contribution is 5.93. The molecule has 0 radical (unpaired) electrons. The Bertz CT molecular complexity index is 593. The molecular formula is C17H23N3O2. The largest absolute Gasteiger partial charge is 0.394 e. The van der Waals surface area contributed by atoms with Crippen LogP contribution in [0.15, 0.2) is 42.7 Å². The van der Waals surface area contributed by atoms with E-state index in [-0.39, 0.29) is 18.6 Å². The number of benzene rings is 1. The van der Waals surface area contributed by atoms with Gasteiger partial charge < -0.3 is 10.4 Å². The Kier molecular flexibility index (Phi) is 5.72. The summed E-state index contributed by atoms with van der Waals surface area (Å²) >= 11 is 0. The first kappa shape index (κ1) is 16.2. The van der Waals surface area contributed by atoms with E-state index in [2.05, 4.69) is 24.3 Å². The Morgan fingerprint density at radius 2 is 2.05 bits per heavy atom. The van der Waals surface area contributed by atoms with Crippen molar-refractivity contribution in [3.05, 3.63) is 53.9 Å². The van der Waals surface area contributed by atoms with Gasteiger partial charge in [0, 0.05) is 6.20 Å². The third-order valence-electron chi connectivity index (χ3n) is 3.39. The number of hydrogen-bond acceptors (Lipinski definition) is 3. The van der Waals surface area contributed by atoms with Crippen LogP contribution in [0, 0.1) is 5.92 Å². The summed E-state index contributed by atoms with van der Waals surface area (Å²) in [6.45, 7) is 4.70. The molecule has 22 heavy (non-hydrogen) atoms. The molecule has 0 aliphatic carbocycles. The van der Waals surface area contributed by atoms with Crippen molar-refractivity contribution in [1.82, 2.24) is 15.1 Å². The van der Waals surface area contributed by atoms with Crippen LogP contribution in [0.1, 0.15) is 36.2 Å². The molecule has 0 aliphatic heterocycles. The zero-order valence-electron chi connectivity index (χ0n) is 13.1. The first-order chi connectivity index (χ1) is 10.6. The quantitative estimate of drug-likeness (QED) is 0.822. The van der Waals surface area contributed by atoms with Crippen LogP contribution in [0.3, 0.4) is 0 Å². The Hall–Kier alpha value is -2.14. The van der Waals surface area contributed by atoms with Crippen LogP contribution in [0.2, 0.25) is 0 Å². The summed E-state index contributed by atoms with van der Waals surface area (Å²) in [5.74, 6) is 0.220. The predicted molar refractivity (Wildman–Crippen MR) is 85.6 cm³/mol. The fourth-order valence-electron chi connectivity index (χ4n) is 2.35. The van der Waals surface area contributed by atoms with E-state index in [1.165, 1.54) is 0 Å². The molecule has 0 fully saturated rings. The molecule has 0 saturated heterocycles. The summed E-state index contributed by atoms with van der Waals surface area (Å²) in [6.07, 6.45) is 4.04. The van der Waals surface area contributed by atoms with E-state index in [1.54, 1.807) is 17.1 Å². The van der Waals surface area contributed by atoms with E-state index < -0.39 is 0 Å². The maximum absolute atomic E-state index is 12.2. The second-order valence-corrected chi connectivity index (χ2v) is 5.89. The number of aliphatic hydroxyl groups excluding tert-OH is 1. The van der Waals surface area contributed by atoms with Crippen LogP contribution in [0.5, 0.6) is 0 Å². The number of aromatic nitrogens is 2. The first-order valence-corrected chi connectivity index (χ1v) is 7.56. The molecule has 2 N–H and O–H groups in total. The lowest BCUT2D eigenvalue weighted by Gasteiger charge is -2.17. The molecule has 1 atom stereocenters. The summed E-state index contributed by atoms with van der Waals surface area (Å²) in [5.41, 5.74) is 1.64. The normalized spacial score (nSPS) is 12.4. The Morgan fingerprint density at radius 1 is 1.32 bits per heavy atom. The van der Waals surface area contributed by atoms with Crippen molar-refractivity contribution in [3.63, 3.8) is 0 Å². The molecular weight excluding hydrogens is 278 g/mol. The maximum Gasteiger partial charge on any atom is 0.254 e. The van der Waals surface area contributed by atoms with Gasteiger partial charge in [-0.25, -0.2) is 0 Å². The van der Waals surface area contributed by atoms with Gasteiger partial charge in [-0.15, -0.1) is 0 Å². The predicted octanol–water partition coefficient (Wildman–Crippen LogP) is 2.07. The van der Waals surface area contributed by atoms with Gasteiger partial charge in [0.05, 0.1) is 31.0 Å². The molecule has 0 bridgehead atoms. The molecule has 5 nitrogen and oxygen atoms in total. The first-order valence-electron chi connectivity index (χ1n) is 7.56. The van der Waals surface area contributed by atoms with Crippen LogP contribution in [0.25, 0.3) is 0 Å². The van der Waals surface area contributed by atoms with Crippen LogP contribution in [0.4, 0.5) is 0 Å². The van der Waals surface area contributed by atoms with Gasteiger partial charge in [-0.05, 0) is 17.9 Å². The van der Waals surface area contributed by atoms with Gasteiger partial charge in [0.2, 0.25) is 0 Å². The second-order valence-electron chi connectivity index (χ2n) is 5.89. The number of carbonyl (C=O) groups excluding carboxylic acids is 1. The summed E-state index contributed by atoms with van der Waals surface area (Å²) in [7, 11) is 0. The number of nitrogens with one attached hydrogen (secondary N) is 1. The molecule has 5 heteroatoms. The molecule has 2 rings (SSSR count). The summed E-state index contributed by atoms with van der Waals surface area (Å²) in [4.78, 5) is 12.2. The Morgan fingerprint density at radius 3 is 2.68 bits per heavy atom. The number of hydrogen-bond donors (Lipinski definition) is 2. The Labute approximate surface area is 131 Å². The number of rotatable bonds is 7. The second kappa shape index (κ2) is 7.75. The SMILES string of the molecule is CC(C)CC(CO)NC(=O)c1cnn(Cc2ccccc2)c1. The fourth-order valence-corrected chi connectivity index (χ4v) is 2.35. The molecule has 1 heterocycles. The molecule has 1 unspecified atom stereocenters. The van der Waals surface area contributed by atoms with Gasteiger partial charge in [-0.2, -0.15) is 5.10 Å². The van der Waals surface area contributed by atoms with E-state index in [4.69, 9.17) is 0 Å². The molecule has 0 saturated carbocycles. The van der Waals surface area contributed by atoms with Crippen LogP contribution in [-0.4, -0.2) is 33.4 Å². The van der Waals surface area contributed by atoms with Gasteiger partial charge >= 0.3 is 0 Å². The van der Waals surface area contributed by atoms with E-state index in [0.29, 0.717) is 18.0 Å². The van der Waals surface area contributed by atoms with E-state index in [1.807, 2.05) is 30.3 Å². The number of amides is 1. The average molecular weight is 301 g/mol. The number of aliphatic hydroxyl groups is 1. The van der Waals surface area contributed by atoms with Crippen LogP contribution in [-0.2, 0) is 6.54 Å². The molecule has 2 aromatic rings. The standard InChI is InChI=1S/C17H23N3O2/c1-13(2)8-16(12-21)19-17(22)15-9-18-20(11-15)10-14-6-4-3-5-7-14/h3-7,9,11,13,16,21H,8,10,12H2,1-2H3,(H,19,22). The molecule has 1 aromatic heterocycles. The summed E-state index contributed by atoms with van der Waals surface area (Å²) < 4.78 is 1.74. The van der Waals surface area contributed by atoms with Crippen LogP contribution >= 0.6 is 0 Å². The van der Waals surface area contributed by atoms with Crippen molar-refractivity contribution in [2.75, 3.05) is 6.61 Å². The Balaban J connectivity index is 1.96. The van der Waals surface area contributed by atoms with E-state index in [0.717, 1.165) is 12.0 Å². The van der Waals surface area contributed by atoms with Gasteiger partial charge in [-0.3, -0.25) is 9.48 Å². The topological polar surface area (TPSA) is 67.2 Å². The molecule has 118 valence electrons. The van der Waals surface area contributed by atoms with E-state index >= 15 is 0 Å². The van der Waals surface area contributed by atoms with Gasteiger partial charge in [0.25, 0.3) is 5.91 Å². The lowest BCUT2D eigenvalue weighted by molar-refractivity contribution is 0.0908. The van der Waals surface area contributed by atoms with Crippen molar-refractivity contribution in [2.45, 2.75) is 32.9 Å². The summed E-state index contributed by atoms with van der Waals surface area (Å²) in [6, 6.07) is 9.74. The third kappa shape index (κ3) is 4.70. The molecule has 1 aromatic carbocycles. The zero-order valence-corrected chi connectivity index (χ0v) is 13.1. The zero-order chi connectivity index (χ0) is 15.9. The highest BCUT2D eigenvalue weighted by atomic mass is 16.3. The van der Waals surface area contributed by atoms with Crippen molar-refractivity contribution < 1.29 is 9.90 Å². The lowest BCUT2D eigenvalue weighted by Crippen LogP contribution is -2.38. The molecule has 0 spiro atoms. The van der Waals surface area contributed by atoms with E-state index in [9.17, 15) is 9.90 Å². The summed E-state index contributed by atoms with van der Waals surface area (Å²) in [5, 5.41) is 16.4. The highest BCUT2D eigenvalue weighted by Gasteiger charge is 2.15. The molecule has 1 amide bonds. The minimum Gasteiger partial charge on any atom is -0.394 e. The smallest absolute Gasteiger partial charge is 0.254 e. The van der Waals surface area contributed by atoms with Crippen molar-refractivity contribution in [1.29, 1.82) is 0 Å². The third-order valence-corrected chi connectivity index (χ3v) is 3.39. The average Bonchev–Trinajstić information content (AvgIpc) is 2.95. The fraction of sp³-hybridized carbons (Fsp3) is 0.412. The number of carbonyl (C=O) groups is 1. The van der Waals surface area contributed by atoms with Crippen LogP contribution < -0.4 is 5.32 Å². The van der Waals surface area contributed by atoms with Crippen molar-refractivity contribution >= 4 is 5.91 Å². The molecule has 0 aliphatic rings. The minimum absolute atomic E-state index is 0.0535. The lowest BCUT2D eigenvalue weighted by atomic mass is 10.0. The van der Waals surface area contributed by atoms with Crippen molar-refractivity contribution in [3.8, 4) is 0 Å².